The number of nitrogens with one attached hydrogen (secondary N) is 1. The van der Waals surface area contributed by atoms with E-state index in [1.54, 1.807) is 6.92 Å². The van der Waals surface area contributed by atoms with E-state index < -0.39 is 76.1 Å². The van der Waals surface area contributed by atoms with Gasteiger partial charge in [0.05, 0.1) is 12.2 Å². The number of hydrogen-bond donors (Lipinski definition) is 3. The van der Waals surface area contributed by atoms with Crippen molar-refractivity contribution >= 4 is 11.8 Å². The van der Waals surface area contributed by atoms with E-state index in [4.69, 9.17) is 0 Å². The van der Waals surface area contributed by atoms with Gasteiger partial charge in [0, 0.05) is 31.3 Å². The standard InChI is InChI=1S/C19H17F3N4O5/c1-7-24(2)19(31)15-17(29)16(28)13(14-12(27)6-25(7)26(14)15)18(30)23-5-9-10(21)3-8(20)4-11(9)22/h3-4,7,12,27,29H,5-6H2,1-2H3,(H,23,30). The molecule has 0 saturated heterocycles. The summed E-state index contributed by atoms with van der Waals surface area (Å²) in [6.07, 6.45) is -1.91. The number of carbonyl (C=O) groups is 2. The lowest BCUT2D eigenvalue weighted by atomic mass is 10.1. The minimum atomic E-state index is -1.35. The van der Waals surface area contributed by atoms with E-state index in [-0.39, 0.29) is 12.2 Å². The molecule has 0 radical (unpaired) electrons. The lowest BCUT2D eigenvalue weighted by Crippen LogP contribution is -2.57. The van der Waals surface area contributed by atoms with E-state index in [1.165, 1.54) is 17.0 Å². The molecule has 1 aromatic heterocycles. The van der Waals surface area contributed by atoms with Gasteiger partial charge in [-0.15, -0.1) is 0 Å². The summed E-state index contributed by atoms with van der Waals surface area (Å²) in [6, 6.07) is 0.879. The highest BCUT2D eigenvalue weighted by atomic mass is 19.1. The zero-order valence-electron chi connectivity index (χ0n) is 16.3. The first kappa shape index (κ1) is 20.7. The summed E-state index contributed by atoms with van der Waals surface area (Å²) in [6.45, 7) is 0.851. The molecule has 0 saturated carbocycles. The van der Waals surface area contributed by atoms with Gasteiger partial charge in [-0.2, -0.15) is 0 Å². The fraction of sp³-hybridized carbons (Fsp3) is 0.316. The number of aromatic hydroxyl groups is 1. The van der Waals surface area contributed by atoms with Gasteiger partial charge >= 0.3 is 0 Å². The molecule has 2 atom stereocenters. The van der Waals surface area contributed by atoms with Crippen molar-refractivity contribution in [2.75, 3.05) is 18.6 Å². The van der Waals surface area contributed by atoms with Crippen LogP contribution in [0.5, 0.6) is 5.75 Å². The normalized spacial score (nSPS) is 19.6. The maximum atomic E-state index is 13.8. The lowest BCUT2D eigenvalue weighted by molar-refractivity contribution is 0.0655. The molecule has 2 aliphatic rings. The second kappa shape index (κ2) is 7.01. The van der Waals surface area contributed by atoms with Crippen molar-refractivity contribution in [3.63, 3.8) is 0 Å². The molecule has 31 heavy (non-hydrogen) atoms. The maximum Gasteiger partial charge on any atom is 0.277 e. The Balaban J connectivity index is 1.78. The monoisotopic (exact) mass is 438 g/mol. The van der Waals surface area contributed by atoms with Crippen LogP contribution in [0.25, 0.3) is 0 Å². The van der Waals surface area contributed by atoms with Crippen molar-refractivity contribution in [3.8, 4) is 5.75 Å². The van der Waals surface area contributed by atoms with Gasteiger partial charge in [0.1, 0.15) is 35.3 Å². The number of rotatable bonds is 3. The highest BCUT2D eigenvalue weighted by molar-refractivity contribution is 6.00. The number of nitrogens with zero attached hydrogens (tertiary/aromatic N) is 3. The van der Waals surface area contributed by atoms with Crippen LogP contribution in [0.4, 0.5) is 13.2 Å². The van der Waals surface area contributed by atoms with Gasteiger partial charge < -0.3 is 20.4 Å². The first-order valence-electron chi connectivity index (χ1n) is 9.20. The Kier molecular flexibility index (Phi) is 4.69. The van der Waals surface area contributed by atoms with Crippen LogP contribution in [0.15, 0.2) is 16.9 Å². The fourth-order valence-electron chi connectivity index (χ4n) is 3.85. The van der Waals surface area contributed by atoms with Crippen LogP contribution < -0.4 is 15.8 Å². The number of aliphatic hydroxyl groups is 1. The summed E-state index contributed by atoms with van der Waals surface area (Å²) in [5.74, 6) is -6.41. The predicted octanol–water partition coefficient (Wildman–Crippen LogP) is 0.318. The smallest absolute Gasteiger partial charge is 0.277 e. The van der Waals surface area contributed by atoms with Crippen molar-refractivity contribution in [2.45, 2.75) is 25.7 Å². The van der Waals surface area contributed by atoms with E-state index in [0.29, 0.717) is 12.1 Å². The Bertz CT molecular complexity index is 1180. The molecule has 2 aliphatic heterocycles. The van der Waals surface area contributed by atoms with Gasteiger partial charge in [-0.25, -0.2) is 17.8 Å². The molecule has 12 heteroatoms. The van der Waals surface area contributed by atoms with Crippen molar-refractivity contribution in [2.24, 2.45) is 0 Å². The number of benzene rings is 1. The van der Waals surface area contributed by atoms with E-state index in [0.717, 1.165) is 4.68 Å². The number of carbonyl (C=O) groups excluding carboxylic acids is 2. The molecule has 1 aromatic carbocycles. The van der Waals surface area contributed by atoms with Gasteiger partial charge in [0.25, 0.3) is 11.8 Å². The molecule has 2 aromatic rings. The molecule has 2 amide bonds. The Labute approximate surface area is 172 Å². The Morgan fingerprint density at radius 3 is 2.45 bits per heavy atom. The number of hydrogen-bond acceptors (Lipinski definition) is 6. The van der Waals surface area contributed by atoms with E-state index in [2.05, 4.69) is 5.32 Å². The molecule has 0 aliphatic carbocycles. The zero-order chi connectivity index (χ0) is 22.8. The predicted molar refractivity (Wildman–Crippen MR) is 99.5 cm³/mol. The molecule has 0 bridgehead atoms. The molecule has 4 rings (SSSR count). The summed E-state index contributed by atoms with van der Waals surface area (Å²) in [7, 11) is 1.46. The van der Waals surface area contributed by atoms with Crippen LogP contribution in [0.1, 0.15) is 45.1 Å². The lowest BCUT2D eigenvalue weighted by Gasteiger charge is -2.41. The first-order valence-corrected chi connectivity index (χ1v) is 9.20. The molecule has 0 fully saturated rings. The topological polar surface area (TPSA) is 115 Å². The average molecular weight is 438 g/mol. The van der Waals surface area contributed by atoms with Crippen LogP contribution in [0, 0.1) is 17.5 Å². The van der Waals surface area contributed by atoms with E-state index >= 15 is 0 Å². The minimum Gasteiger partial charge on any atom is -0.502 e. The van der Waals surface area contributed by atoms with Gasteiger partial charge in [0.15, 0.2) is 11.4 Å². The van der Waals surface area contributed by atoms with Crippen LogP contribution >= 0.6 is 0 Å². The fourth-order valence-corrected chi connectivity index (χ4v) is 3.85. The van der Waals surface area contributed by atoms with Crippen molar-refractivity contribution in [3.05, 3.63) is 62.3 Å². The molecular weight excluding hydrogens is 421 g/mol. The number of halogens is 3. The molecule has 9 nitrogen and oxygen atoms in total. The summed E-state index contributed by atoms with van der Waals surface area (Å²) >= 11 is 0. The van der Waals surface area contributed by atoms with Crippen molar-refractivity contribution < 1.29 is 33.0 Å². The second-order valence-corrected chi connectivity index (χ2v) is 7.31. The SMILES string of the molecule is CC1N(C)C(=O)c2c(O)c(=O)c(C(=O)NCc3c(F)cc(F)cc3F)c3n2N1CC3O. The summed E-state index contributed by atoms with van der Waals surface area (Å²) < 4.78 is 41.9. The number of amides is 2. The highest BCUT2D eigenvalue weighted by Gasteiger charge is 2.45. The van der Waals surface area contributed by atoms with Crippen LogP contribution in [0.3, 0.4) is 0 Å². The summed E-state index contributed by atoms with van der Waals surface area (Å²) in [5.41, 5.74) is -3.13. The average Bonchev–Trinajstić information content (AvgIpc) is 3.02. The van der Waals surface area contributed by atoms with E-state index in [1.807, 2.05) is 0 Å². The third-order valence-electron chi connectivity index (χ3n) is 5.57. The Morgan fingerprint density at radius 1 is 1.23 bits per heavy atom. The second-order valence-electron chi connectivity index (χ2n) is 7.31. The van der Waals surface area contributed by atoms with Crippen molar-refractivity contribution in [1.82, 2.24) is 14.9 Å². The summed E-state index contributed by atoms with van der Waals surface area (Å²) in [5, 5.41) is 24.5. The third-order valence-corrected chi connectivity index (χ3v) is 5.57. The largest absolute Gasteiger partial charge is 0.502 e. The zero-order valence-corrected chi connectivity index (χ0v) is 16.3. The summed E-state index contributed by atoms with van der Waals surface area (Å²) in [4.78, 5) is 39.4. The quantitative estimate of drug-likeness (QED) is 0.636. The molecule has 3 heterocycles. The highest BCUT2D eigenvalue weighted by Crippen LogP contribution is 2.34. The van der Waals surface area contributed by atoms with Gasteiger partial charge in [0.2, 0.25) is 5.43 Å². The molecule has 3 N–H and O–H groups in total. The van der Waals surface area contributed by atoms with E-state index in [9.17, 15) is 37.8 Å². The van der Waals surface area contributed by atoms with Gasteiger partial charge in [-0.05, 0) is 6.92 Å². The molecule has 0 spiro atoms. The van der Waals surface area contributed by atoms with Crippen LogP contribution in [-0.2, 0) is 6.54 Å². The van der Waals surface area contributed by atoms with Crippen LogP contribution in [0.2, 0.25) is 0 Å². The molecule has 2 unspecified atom stereocenters. The minimum absolute atomic E-state index is 0.0732. The van der Waals surface area contributed by atoms with Gasteiger partial charge in [-0.1, -0.05) is 0 Å². The number of aliphatic hydroxyl groups excluding tert-OH is 1. The molecular formula is C19H17F3N4O5. The Morgan fingerprint density at radius 2 is 1.84 bits per heavy atom. The number of aromatic nitrogens is 1. The third kappa shape index (κ3) is 2.93. The molecule has 164 valence electrons. The number of pyridine rings is 1. The van der Waals surface area contributed by atoms with Crippen molar-refractivity contribution in [1.29, 1.82) is 0 Å². The maximum absolute atomic E-state index is 13.8. The first-order chi connectivity index (χ1) is 14.5. The van der Waals surface area contributed by atoms with Crippen LogP contribution in [-0.4, -0.2) is 51.4 Å². The Hall–Kier alpha value is -3.54. The van der Waals surface area contributed by atoms with Gasteiger partial charge in [-0.3, -0.25) is 19.4 Å².